The number of nitrogens with zero attached hydrogens (tertiary/aromatic N) is 2. The topological polar surface area (TPSA) is 67.4 Å². The van der Waals surface area contributed by atoms with Gasteiger partial charge < -0.3 is 10.2 Å². The van der Waals surface area contributed by atoms with Gasteiger partial charge in [0.05, 0.1) is 24.7 Å². The second-order valence-electron chi connectivity index (χ2n) is 2.80. The molecule has 1 rings (SSSR count). The maximum absolute atomic E-state index is 11.3. The maximum atomic E-state index is 11.3. The summed E-state index contributed by atoms with van der Waals surface area (Å²) in [5.74, 6) is -0.141. The monoisotopic (exact) mass is 206 g/mol. The molecular weight excluding hydrogens is 196 g/mol. The van der Waals surface area contributed by atoms with E-state index in [1.54, 1.807) is 0 Å². The molecule has 0 radical (unpaired) electrons. The Labute approximate surface area is 79.8 Å². The molecule has 0 saturated heterocycles. The predicted octanol–water partition coefficient (Wildman–Crippen LogP) is -0.508. The van der Waals surface area contributed by atoms with E-state index in [0.717, 1.165) is 4.57 Å². The van der Waals surface area contributed by atoms with Gasteiger partial charge in [-0.3, -0.25) is 9.13 Å². The lowest BCUT2D eigenvalue weighted by atomic mass is 10.4. The van der Waals surface area contributed by atoms with E-state index in [4.69, 9.17) is 16.7 Å². The first-order valence-electron chi connectivity index (χ1n) is 3.75. The minimum Gasteiger partial charge on any atom is -0.493 e. The van der Waals surface area contributed by atoms with Gasteiger partial charge in [0.15, 0.2) is 0 Å². The highest BCUT2D eigenvalue weighted by atomic mass is 35.5. The molecule has 0 saturated carbocycles. The van der Waals surface area contributed by atoms with Crippen LogP contribution in [0.4, 0.5) is 0 Å². The van der Waals surface area contributed by atoms with E-state index in [9.17, 15) is 9.90 Å². The molecule has 0 unspecified atom stereocenters. The van der Waals surface area contributed by atoms with Gasteiger partial charge in [0, 0.05) is 7.05 Å². The standard InChI is InChI=1S/C7H11ClN2O3/c1-9-4-6(12)10(7(9)13)3-5(11)2-8/h4-5,11-12H,2-3H2,1H3/t5-/m1/s1. The van der Waals surface area contributed by atoms with Crippen LogP contribution in [0.25, 0.3) is 0 Å². The smallest absolute Gasteiger partial charge is 0.330 e. The van der Waals surface area contributed by atoms with Gasteiger partial charge in [0.2, 0.25) is 5.88 Å². The fourth-order valence-corrected chi connectivity index (χ4v) is 1.12. The summed E-state index contributed by atoms with van der Waals surface area (Å²) in [6.07, 6.45) is 0.455. The van der Waals surface area contributed by atoms with Crippen molar-refractivity contribution >= 4 is 11.6 Å². The van der Waals surface area contributed by atoms with E-state index in [1.807, 2.05) is 0 Å². The maximum Gasteiger partial charge on any atom is 0.330 e. The van der Waals surface area contributed by atoms with Crippen LogP contribution >= 0.6 is 11.6 Å². The van der Waals surface area contributed by atoms with Gasteiger partial charge in [0.1, 0.15) is 0 Å². The molecule has 0 spiro atoms. The first-order chi connectivity index (χ1) is 6.06. The first-order valence-corrected chi connectivity index (χ1v) is 4.29. The largest absolute Gasteiger partial charge is 0.493 e. The van der Waals surface area contributed by atoms with Crippen LogP contribution in [0.1, 0.15) is 0 Å². The van der Waals surface area contributed by atoms with Crippen LogP contribution in [-0.4, -0.2) is 31.3 Å². The number of alkyl halides is 1. The molecule has 1 aromatic heterocycles. The Morgan fingerprint density at radius 2 is 2.31 bits per heavy atom. The Morgan fingerprint density at radius 3 is 2.69 bits per heavy atom. The third-order valence-corrected chi connectivity index (χ3v) is 2.05. The van der Waals surface area contributed by atoms with Crippen molar-refractivity contribution in [2.75, 3.05) is 5.88 Å². The van der Waals surface area contributed by atoms with E-state index in [0.29, 0.717) is 0 Å². The number of imidazole rings is 1. The van der Waals surface area contributed by atoms with Gasteiger partial charge in [0.25, 0.3) is 0 Å². The first kappa shape index (κ1) is 10.1. The summed E-state index contributed by atoms with van der Waals surface area (Å²) in [5, 5.41) is 18.4. The molecule has 74 valence electrons. The number of aliphatic hydroxyl groups is 1. The zero-order valence-corrected chi connectivity index (χ0v) is 7.90. The third-order valence-electron chi connectivity index (χ3n) is 1.69. The normalized spacial score (nSPS) is 13.2. The van der Waals surface area contributed by atoms with Gasteiger partial charge in [-0.15, -0.1) is 11.6 Å². The van der Waals surface area contributed by atoms with Gasteiger partial charge in [-0.2, -0.15) is 0 Å². The van der Waals surface area contributed by atoms with Crippen molar-refractivity contribution in [1.29, 1.82) is 0 Å². The number of hydrogen-bond donors (Lipinski definition) is 2. The third kappa shape index (κ3) is 2.05. The second kappa shape index (κ2) is 3.85. The number of aromatic hydroxyl groups is 1. The summed E-state index contributed by atoms with van der Waals surface area (Å²) < 4.78 is 2.29. The van der Waals surface area contributed by atoms with Crippen molar-refractivity contribution in [1.82, 2.24) is 9.13 Å². The van der Waals surface area contributed by atoms with Crippen LogP contribution < -0.4 is 5.69 Å². The van der Waals surface area contributed by atoms with Crippen molar-refractivity contribution in [2.24, 2.45) is 7.05 Å². The fourth-order valence-electron chi connectivity index (χ4n) is 1.02. The predicted molar refractivity (Wildman–Crippen MR) is 48.1 cm³/mol. The number of aliphatic hydroxyl groups excluding tert-OH is 1. The summed E-state index contributed by atoms with van der Waals surface area (Å²) >= 11 is 5.36. The molecule has 1 aromatic rings. The van der Waals surface area contributed by atoms with E-state index < -0.39 is 6.10 Å². The lowest BCUT2D eigenvalue weighted by Gasteiger charge is -2.06. The summed E-state index contributed by atoms with van der Waals surface area (Å²) in [6, 6.07) is 0. The molecule has 2 N–H and O–H groups in total. The van der Waals surface area contributed by atoms with Crippen molar-refractivity contribution in [3.63, 3.8) is 0 Å². The Hall–Kier alpha value is -0.940. The molecule has 13 heavy (non-hydrogen) atoms. The van der Waals surface area contributed by atoms with E-state index >= 15 is 0 Å². The van der Waals surface area contributed by atoms with Crippen LogP contribution in [0.2, 0.25) is 0 Å². The minimum atomic E-state index is -0.826. The zero-order chi connectivity index (χ0) is 10.0. The van der Waals surface area contributed by atoms with Crippen LogP contribution in [0.15, 0.2) is 11.0 Å². The highest BCUT2D eigenvalue weighted by Crippen LogP contribution is 2.05. The molecule has 0 amide bonds. The minimum absolute atomic E-state index is 0.00894. The number of halogens is 1. The second-order valence-corrected chi connectivity index (χ2v) is 3.11. The quantitative estimate of drug-likeness (QED) is 0.655. The number of aromatic nitrogens is 2. The molecule has 0 aliphatic rings. The highest BCUT2D eigenvalue weighted by molar-refractivity contribution is 6.18. The summed E-state index contributed by atoms with van der Waals surface area (Å²) in [7, 11) is 1.52. The van der Waals surface area contributed by atoms with E-state index in [1.165, 1.54) is 17.8 Å². The molecule has 6 heteroatoms. The van der Waals surface area contributed by atoms with Crippen molar-refractivity contribution in [3.8, 4) is 5.88 Å². The fraction of sp³-hybridized carbons (Fsp3) is 0.571. The number of hydrogen-bond acceptors (Lipinski definition) is 3. The van der Waals surface area contributed by atoms with E-state index in [2.05, 4.69) is 0 Å². The molecule has 0 aromatic carbocycles. The SMILES string of the molecule is Cn1cc(O)n(C[C@H](O)CCl)c1=O. The summed E-state index contributed by atoms with van der Waals surface area (Å²) in [6.45, 7) is 0.00894. The molecule has 5 nitrogen and oxygen atoms in total. The van der Waals surface area contributed by atoms with Gasteiger partial charge >= 0.3 is 5.69 Å². The average Bonchev–Trinajstić information content (AvgIpc) is 2.32. The van der Waals surface area contributed by atoms with Crippen LogP contribution in [0, 0.1) is 0 Å². The summed E-state index contributed by atoms with van der Waals surface area (Å²) in [5.41, 5.74) is -0.373. The summed E-state index contributed by atoms with van der Waals surface area (Å²) in [4.78, 5) is 11.3. The molecule has 0 aliphatic heterocycles. The average molecular weight is 207 g/mol. The van der Waals surface area contributed by atoms with Crippen LogP contribution in [0.3, 0.4) is 0 Å². The van der Waals surface area contributed by atoms with Gasteiger partial charge in [-0.1, -0.05) is 0 Å². The zero-order valence-electron chi connectivity index (χ0n) is 7.14. The number of rotatable bonds is 3. The highest BCUT2D eigenvalue weighted by Gasteiger charge is 2.11. The molecular formula is C7H11ClN2O3. The molecule has 0 bridgehead atoms. The van der Waals surface area contributed by atoms with Crippen molar-refractivity contribution in [2.45, 2.75) is 12.6 Å². The Morgan fingerprint density at radius 1 is 1.69 bits per heavy atom. The lowest BCUT2D eigenvalue weighted by Crippen LogP contribution is -2.28. The Balaban J connectivity index is 2.94. The molecule has 0 aliphatic carbocycles. The van der Waals surface area contributed by atoms with Crippen LogP contribution in [-0.2, 0) is 13.6 Å². The van der Waals surface area contributed by atoms with E-state index in [-0.39, 0.29) is 24.0 Å². The molecule has 0 fully saturated rings. The number of aryl methyl sites for hydroxylation is 1. The Bertz CT molecular complexity index is 344. The van der Waals surface area contributed by atoms with Crippen LogP contribution in [0.5, 0.6) is 5.88 Å². The van der Waals surface area contributed by atoms with Crippen molar-refractivity contribution < 1.29 is 10.2 Å². The Kier molecular flexibility index (Phi) is 3.00. The van der Waals surface area contributed by atoms with Crippen molar-refractivity contribution in [3.05, 3.63) is 16.7 Å². The van der Waals surface area contributed by atoms with Gasteiger partial charge in [-0.25, -0.2) is 4.79 Å². The molecule has 1 heterocycles. The van der Waals surface area contributed by atoms with Gasteiger partial charge in [-0.05, 0) is 0 Å². The molecule has 1 atom stereocenters. The lowest BCUT2D eigenvalue weighted by molar-refractivity contribution is 0.170.